The van der Waals surface area contributed by atoms with Crippen LogP contribution in [0.1, 0.15) is 23.7 Å². The van der Waals surface area contributed by atoms with Gasteiger partial charge in [0.1, 0.15) is 0 Å². The topological polar surface area (TPSA) is 71.1 Å². The van der Waals surface area contributed by atoms with Gasteiger partial charge in [0.15, 0.2) is 0 Å². The molecule has 1 aromatic carbocycles. The molecule has 3 rings (SSSR count). The van der Waals surface area contributed by atoms with Crippen molar-refractivity contribution in [2.75, 3.05) is 10.6 Å². The molecule has 1 aromatic heterocycles. The lowest BCUT2D eigenvalue weighted by Crippen LogP contribution is -2.15. The summed E-state index contributed by atoms with van der Waals surface area (Å²) in [4.78, 5) is 27.9. The fourth-order valence-electron chi connectivity index (χ4n) is 2.30. The lowest BCUT2D eigenvalue weighted by atomic mass is 10.2. The zero-order chi connectivity index (χ0) is 15.5. The minimum atomic E-state index is -0.207. The zero-order valence-electron chi connectivity index (χ0n) is 12.2. The zero-order valence-corrected chi connectivity index (χ0v) is 12.2. The van der Waals surface area contributed by atoms with E-state index in [-0.39, 0.29) is 17.7 Å². The fraction of sp³-hybridized carbons (Fsp3) is 0.235. The molecular weight excluding hydrogens is 278 g/mol. The number of pyridine rings is 1. The van der Waals surface area contributed by atoms with Crippen LogP contribution in [0.4, 0.5) is 11.4 Å². The quantitative estimate of drug-likeness (QED) is 0.911. The number of amides is 2. The molecule has 2 atom stereocenters. The van der Waals surface area contributed by atoms with Crippen LogP contribution in [0.3, 0.4) is 0 Å². The smallest absolute Gasteiger partial charge is 0.255 e. The highest BCUT2D eigenvalue weighted by atomic mass is 16.2. The van der Waals surface area contributed by atoms with Gasteiger partial charge in [-0.3, -0.25) is 14.6 Å². The Kier molecular flexibility index (Phi) is 3.87. The van der Waals surface area contributed by atoms with Gasteiger partial charge in [-0.2, -0.15) is 0 Å². The van der Waals surface area contributed by atoms with Crippen molar-refractivity contribution in [3.63, 3.8) is 0 Å². The van der Waals surface area contributed by atoms with Gasteiger partial charge in [-0.25, -0.2) is 0 Å². The summed E-state index contributed by atoms with van der Waals surface area (Å²) < 4.78 is 0. The summed E-state index contributed by atoms with van der Waals surface area (Å²) in [5.74, 6) is 0.427. The Labute approximate surface area is 128 Å². The molecule has 1 fully saturated rings. The predicted molar refractivity (Wildman–Crippen MR) is 84.5 cm³/mol. The molecule has 0 radical (unpaired) electrons. The molecule has 2 unspecified atom stereocenters. The summed E-state index contributed by atoms with van der Waals surface area (Å²) in [6.07, 6.45) is 4.09. The van der Waals surface area contributed by atoms with E-state index >= 15 is 0 Å². The minimum Gasteiger partial charge on any atom is -0.326 e. The molecule has 0 bridgehead atoms. The maximum absolute atomic E-state index is 12.1. The van der Waals surface area contributed by atoms with E-state index in [2.05, 4.69) is 22.5 Å². The van der Waals surface area contributed by atoms with Crippen LogP contribution < -0.4 is 10.6 Å². The molecule has 2 aromatic rings. The fourth-order valence-corrected chi connectivity index (χ4v) is 2.30. The molecule has 1 saturated carbocycles. The number of hydrogen-bond acceptors (Lipinski definition) is 3. The van der Waals surface area contributed by atoms with Crippen LogP contribution in [0.15, 0.2) is 48.8 Å². The maximum atomic E-state index is 12.1. The second kappa shape index (κ2) is 5.97. The Balaban J connectivity index is 1.66. The second-order valence-corrected chi connectivity index (χ2v) is 5.58. The van der Waals surface area contributed by atoms with E-state index in [9.17, 15) is 9.59 Å². The molecule has 0 aliphatic heterocycles. The van der Waals surface area contributed by atoms with Gasteiger partial charge in [-0.05, 0) is 42.7 Å². The van der Waals surface area contributed by atoms with Gasteiger partial charge in [-0.1, -0.05) is 13.0 Å². The van der Waals surface area contributed by atoms with Crippen LogP contribution in [0.5, 0.6) is 0 Å². The van der Waals surface area contributed by atoms with Crippen LogP contribution in [-0.2, 0) is 4.79 Å². The standard InChI is InChI=1S/C17H17N3O2/c1-11-9-15(11)17(22)20-14-4-2-3-13(10-14)19-16(21)12-5-7-18-8-6-12/h2-8,10-11,15H,9H2,1H3,(H,19,21)(H,20,22). The number of anilines is 2. The van der Waals surface area contributed by atoms with Gasteiger partial charge in [0.05, 0.1) is 0 Å². The largest absolute Gasteiger partial charge is 0.326 e. The van der Waals surface area contributed by atoms with E-state index in [0.29, 0.717) is 22.9 Å². The number of hydrogen-bond donors (Lipinski definition) is 2. The third-order valence-corrected chi connectivity index (χ3v) is 3.78. The minimum absolute atomic E-state index is 0.0464. The van der Waals surface area contributed by atoms with E-state index in [1.807, 2.05) is 6.07 Å². The second-order valence-electron chi connectivity index (χ2n) is 5.58. The predicted octanol–water partition coefficient (Wildman–Crippen LogP) is 2.93. The summed E-state index contributed by atoms with van der Waals surface area (Å²) in [5, 5.41) is 5.69. The van der Waals surface area contributed by atoms with Crippen molar-refractivity contribution in [2.45, 2.75) is 13.3 Å². The number of aromatic nitrogens is 1. The van der Waals surface area contributed by atoms with Gasteiger partial charge in [0, 0.05) is 35.2 Å². The summed E-state index contributed by atoms with van der Waals surface area (Å²) in [6.45, 7) is 2.07. The molecule has 5 heteroatoms. The Hall–Kier alpha value is -2.69. The molecule has 2 amide bonds. The normalized spacial score (nSPS) is 19.3. The average Bonchev–Trinajstić information content (AvgIpc) is 3.25. The molecule has 22 heavy (non-hydrogen) atoms. The molecule has 0 saturated heterocycles. The molecule has 2 N–H and O–H groups in total. The van der Waals surface area contributed by atoms with Gasteiger partial charge < -0.3 is 10.6 Å². The lowest BCUT2D eigenvalue weighted by molar-refractivity contribution is -0.117. The lowest BCUT2D eigenvalue weighted by Gasteiger charge is -2.08. The van der Waals surface area contributed by atoms with Crippen LogP contribution in [0.2, 0.25) is 0 Å². The molecule has 112 valence electrons. The molecular formula is C17H17N3O2. The first-order valence-electron chi connectivity index (χ1n) is 7.26. The van der Waals surface area contributed by atoms with Crippen molar-refractivity contribution in [1.82, 2.24) is 4.98 Å². The van der Waals surface area contributed by atoms with Gasteiger partial charge >= 0.3 is 0 Å². The summed E-state index contributed by atoms with van der Waals surface area (Å²) in [6, 6.07) is 10.4. The highest BCUT2D eigenvalue weighted by Crippen LogP contribution is 2.38. The summed E-state index contributed by atoms with van der Waals surface area (Å²) >= 11 is 0. The third kappa shape index (κ3) is 3.31. The third-order valence-electron chi connectivity index (χ3n) is 3.78. The average molecular weight is 295 g/mol. The Morgan fingerprint density at radius 1 is 1.09 bits per heavy atom. The number of nitrogens with zero attached hydrogens (tertiary/aromatic N) is 1. The summed E-state index contributed by atoms with van der Waals surface area (Å²) in [7, 11) is 0. The van der Waals surface area contributed by atoms with Crippen LogP contribution >= 0.6 is 0 Å². The van der Waals surface area contributed by atoms with Gasteiger partial charge in [-0.15, -0.1) is 0 Å². The molecule has 1 aliphatic rings. The first-order valence-corrected chi connectivity index (χ1v) is 7.26. The number of carbonyl (C=O) groups is 2. The molecule has 5 nitrogen and oxygen atoms in total. The van der Waals surface area contributed by atoms with Gasteiger partial charge in [0.25, 0.3) is 5.91 Å². The van der Waals surface area contributed by atoms with Crippen molar-refractivity contribution in [3.05, 3.63) is 54.4 Å². The number of carbonyl (C=O) groups excluding carboxylic acids is 2. The van der Waals surface area contributed by atoms with E-state index in [1.165, 1.54) is 0 Å². The van der Waals surface area contributed by atoms with E-state index < -0.39 is 0 Å². The Morgan fingerprint density at radius 2 is 1.73 bits per heavy atom. The van der Waals surface area contributed by atoms with Gasteiger partial charge in [0.2, 0.25) is 5.91 Å². The van der Waals surface area contributed by atoms with Crippen LogP contribution in [0.25, 0.3) is 0 Å². The maximum Gasteiger partial charge on any atom is 0.255 e. The SMILES string of the molecule is CC1CC1C(=O)Nc1cccc(NC(=O)c2ccncc2)c1. The van der Waals surface area contributed by atoms with E-state index in [4.69, 9.17) is 0 Å². The first-order chi connectivity index (χ1) is 10.6. The monoisotopic (exact) mass is 295 g/mol. The van der Waals surface area contributed by atoms with Crippen molar-refractivity contribution < 1.29 is 9.59 Å². The Bertz CT molecular complexity index is 700. The Morgan fingerprint density at radius 3 is 2.36 bits per heavy atom. The molecule has 1 aliphatic carbocycles. The van der Waals surface area contributed by atoms with E-state index in [1.54, 1.807) is 42.7 Å². The highest BCUT2D eigenvalue weighted by Gasteiger charge is 2.39. The molecule has 0 spiro atoms. The van der Waals surface area contributed by atoms with Crippen LogP contribution in [0, 0.1) is 11.8 Å². The number of rotatable bonds is 4. The highest BCUT2D eigenvalue weighted by molar-refractivity contribution is 6.04. The number of nitrogens with one attached hydrogen (secondary N) is 2. The number of benzene rings is 1. The van der Waals surface area contributed by atoms with Crippen molar-refractivity contribution >= 4 is 23.2 Å². The molecule has 1 heterocycles. The summed E-state index contributed by atoms with van der Waals surface area (Å²) in [5.41, 5.74) is 1.87. The van der Waals surface area contributed by atoms with Crippen molar-refractivity contribution in [1.29, 1.82) is 0 Å². The van der Waals surface area contributed by atoms with Crippen molar-refractivity contribution in [3.8, 4) is 0 Å². The van der Waals surface area contributed by atoms with Crippen molar-refractivity contribution in [2.24, 2.45) is 11.8 Å². The first kappa shape index (κ1) is 14.3. The van der Waals surface area contributed by atoms with Crippen LogP contribution in [-0.4, -0.2) is 16.8 Å². The van der Waals surface area contributed by atoms with E-state index in [0.717, 1.165) is 6.42 Å².